The molecule has 0 radical (unpaired) electrons. The number of piperidine rings is 1. The van der Waals surface area contributed by atoms with Crippen molar-refractivity contribution in [2.24, 2.45) is 0 Å². The average molecular weight is 224 g/mol. The van der Waals surface area contributed by atoms with Crippen LogP contribution < -0.4 is 5.32 Å². The topological polar surface area (TPSA) is 15.3 Å². The van der Waals surface area contributed by atoms with Gasteiger partial charge in [0.25, 0.3) is 0 Å². The van der Waals surface area contributed by atoms with Crippen LogP contribution in [0.25, 0.3) is 0 Å². The summed E-state index contributed by atoms with van der Waals surface area (Å²) in [6.07, 6.45) is 3.86. The monoisotopic (exact) mass is 224 g/mol. The molecule has 1 atom stereocenters. The quantitative estimate of drug-likeness (QED) is 0.841. The van der Waals surface area contributed by atoms with Gasteiger partial charge < -0.3 is 10.2 Å². The van der Waals surface area contributed by atoms with Crippen molar-refractivity contribution in [3.8, 4) is 0 Å². The van der Waals surface area contributed by atoms with E-state index in [1.54, 1.807) is 0 Å². The van der Waals surface area contributed by atoms with E-state index in [4.69, 9.17) is 0 Å². The predicted octanol–water partition coefficient (Wildman–Crippen LogP) is 1.97. The number of rotatable bonds is 4. The third kappa shape index (κ3) is 3.59. The highest BCUT2D eigenvalue weighted by atomic mass is 32.1. The van der Waals surface area contributed by atoms with E-state index in [0.29, 0.717) is 6.04 Å². The van der Waals surface area contributed by atoms with E-state index in [9.17, 15) is 0 Å². The molecule has 0 spiro atoms. The SMILES string of the molecule is CN1CCCC(NCCc2cccs2)C1. The summed E-state index contributed by atoms with van der Waals surface area (Å²) in [6, 6.07) is 5.07. The minimum absolute atomic E-state index is 0.712. The van der Waals surface area contributed by atoms with Crippen molar-refractivity contribution in [3.63, 3.8) is 0 Å². The molecule has 0 bridgehead atoms. The highest BCUT2D eigenvalue weighted by Gasteiger charge is 2.15. The summed E-state index contributed by atoms with van der Waals surface area (Å²) < 4.78 is 0. The van der Waals surface area contributed by atoms with Crippen LogP contribution in [0.4, 0.5) is 0 Å². The molecule has 15 heavy (non-hydrogen) atoms. The van der Waals surface area contributed by atoms with Crippen molar-refractivity contribution < 1.29 is 0 Å². The Kier molecular flexibility index (Phi) is 4.18. The van der Waals surface area contributed by atoms with Gasteiger partial charge in [-0.05, 0) is 44.3 Å². The third-order valence-corrected chi connectivity index (χ3v) is 3.95. The minimum atomic E-state index is 0.712. The van der Waals surface area contributed by atoms with Gasteiger partial charge in [0.15, 0.2) is 0 Å². The van der Waals surface area contributed by atoms with Crippen LogP contribution in [0.2, 0.25) is 0 Å². The maximum atomic E-state index is 3.66. The highest BCUT2D eigenvalue weighted by molar-refractivity contribution is 7.09. The lowest BCUT2D eigenvalue weighted by molar-refractivity contribution is 0.228. The molecular weight excluding hydrogens is 204 g/mol. The molecule has 1 fully saturated rings. The van der Waals surface area contributed by atoms with Gasteiger partial charge in [-0.15, -0.1) is 11.3 Å². The summed E-state index contributed by atoms with van der Waals surface area (Å²) >= 11 is 1.86. The Labute approximate surface area is 96.3 Å². The number of hydrogen-bond donors (Lipinski definition) is 1. The Morgan fingerprint density at radius 2 is 2.53 bits per heavy atom. The van der Waals surface area contributed by atoms with Crippen LogP contribution in [0.3, 0.4) is 0 Å². The number of likely N-dealkylation sites (N-methyl/N-ethyl adjacent to an activating group) is 1. The molecule has 1 aliphatic rings. The number of thiophene rings is 1. The fourth-order valence-electron chi connectivity index (χ4n) is 2.19. The van der Waals surface area contributed by atoms with Gasteiger partial charge >= 0.3 is 0 Å². The first-order chi connectivity index (χ1) is 7.34. The Bertz CT molecular complexity index is 271. The van der Waals surface area contributed by atoms with Gasteiger partial charge in [-0.2, -0.15) is 0 Å². The molecule has 1 aliphatic heterocycles. The van der Waals surface area contributed by atoms with Gasteiger partial charge in [0.05, 0.1) is 0 Å². The molecule has 1 aromatic rings. The number of nitrogens with one attached hydrogen (secondary N) is 1. The largest absolute Gasteiger partial charge is 0.312 e. The first-order valence-electron chi connectivity index (χ1n) is 5.79. The molecule has 0 aromatic carbocycles. The molecule has 3 heteroatoms. The van der Waals surface area contributed by atoms with E-state index in [0.717, 1.165) is 6.54 Å². The van der Waals surface area contributed by atoms with Gasteiger partial charge in [-0.25, -0.2) is 0 Å². The van der Waals surface area contributed by atoms with Crippen LogP contribution in [-0.2, 0) is 6.42 Å². The maximum Gasteiger partial charge on any atom is 0.0195 e. The summed E-state index contributed by atoms with van der Waals surface area (Å²) in [6.45, 7) is 3.60. The standard InChI is InChI=1S/C12H20N2S/c1-14-8-2-4-11(10-14)13-7-6-12-5-3-9-15-12/h3,5,9,11,13H,2,4,6-8,10H2,1H3. The fourth-order valence-corrected chi connectivity index (χ4v) is 2.90. The van der Waals surface area contributed by atoms with Crippen molar-refractivity contribution in [2.45, 2.75) is 25.3 Å². The lowest BCUT2D eigenvalue weighted by atomic mass is 10.1. The zero-order chi connectivity index (χ0) is 10.5. The van der Waals surface area contributed by atoms with Gasteiger partial charge in [0.2, 0.25) is 0 Å². The first-order valence-corrected chi connectivity index (χ1v) is 6.67. The number of likely N-dealkylation sites (tertiary alicyclic amines) is 1. The zero-order valence-electron chi connectivity index (χ0n) is 9.41. The van der Waals surface area contributed by atoms with Gasteiger partial charge in [-0.3, -0.25) is 0 Å². The summed E-state index contributed by atoms with van der Waals surface area (Å²) in [7, 11) is 2.22. The van der Waals surface area contributed by atoms with Crippen LogP contribution >= 0.6 is 11.3 Å². The lowest BCUT2D eigenvalue weighted by Crippen LogP contribution is -2.44. The van der Waals surface area contributed by atoms with E-state index in [-0.39, 0.29) is 0 Å². The number of nitrogens with zero attached hydrogens (tertiary/aromatic N) is 1. The molecule has 0 saturated carbocycles. The highest BCUT2D eigenvalue weighted by Crippen LogP contribution is 2.10. The first kappa shape index (κ1) is 11.1. The van der Waals surface area contributed by atoms with Gasteiger partial charge in [0.1, 0.15) is 0 Å². The second kappa shape index (κ2) is 5.64. The molecule has 2 heterocycles. The summed E-state index contributed by atoms with van der Waals surface area (Å²) in [5, 5.41) is 5.81. The molecular formula is C12H20N2S. The van der Waals surface area contributed by atoms with Crippen molar-refractivity contribution in [1.29, 1.82) is 0 Å². The summed E-state index contributed by atoms with van der Waals surface area (Å²) in [4.78, 5) is 3.92. The molecule has 1 saturated heterocycles. The van der Waals surface area contributed by atoms with E-state index < -0.39 is 0 Å². The zero-order valence-corrected chi connectivity index (χ0v) is 10.2. The van der Waals surface area contributed by atoms with Crippen molar-refractivity contribution in [2.75, 3.05) is 26.7 Å². The average Bonchev–Trinajstić information content (AvgIpc) is 2.71. The molecule has 1 aromatic heterocycles. The Morgan fingerprint density at radius 3 is 3.27 bits per heavy atom. The summed E-state index contributed by atoms with van der Waals surface area (Å²) in [5.74, 6) is 0. The lowest BCUT2D eigenvalue weighted by Gasteiger charge is -2.30. The second-order valence-electron chi connectivity index (χ2n) is 4.38. The second-order valence-corrected chi connectivity index (χ2v) is 5.42. The third-order valence-electron chi connectivity index (χ3n) is 3.01. The Hall–Kier alpha value is -0.380. The van der Waals surface area contributed by atoms with Crippen molar-refractivity contribution >= 4 is 11.3 Å². The van der Waals surface area contributed by atoms with Crippen molar-refractivity contribution in [1.82, 2.24) is 10.2 Å². The smallest absolute Gasteiger partial charge is 0.0195 e. The normalized spacial score (nSPS) is 23.1. The molecule has 1 N–H and O–H groups in total. The van der Waals surface area contributed by atoms with Gasteiger partial charge in [0, 0.05) is 24.0 Å². The number of hydrogen-bond acceptors (Lipinski definition) is 3. The van der Waals surface area contributed by atoms with E-state index in [1.807, 2.05) is 11.3 Å². The van der Waals surface area contributed by atoms with Crippen LogP contribution in [0, 0.1) is 0 Å². The van der Waals surface area contributed by atoms with Crippen LogP contribution in [0.15, 0.2) is 17.5 Å². The van der Waals surface area contributed by atoms with E-state index in [2.05, 4.69) is 34.8 Å². The van der Waals surface area contributed by atoms with E-state index in [1.165, 1.54) is 37.2 Å². The van der Waals surface area contributed by atoms with Gasteiger partial charge in [-0.1, -0.05) is 6.07 Å². The maximum absolute atomic E-state index is 3.66. The Morgan fingerprint density at radius 1 is 1.60 bits per heavy atom. The van der Waals surface area contributed by atoms with Crippen LogP contribution in [-0.4, -0.2) is 37.6 Å². The minimum Gasteiger partial charge on any atom is -0.312 e. The molecule has 2 rings (SSSR count). The Balaban J connectivity index is 1.65. The molecule has 1 unspecified atom stereocenters. The van der Waals surface area contributed by atoms with Crippen molar-refractivity contribution in [3.05, 3.63) is 22.4 Å². The molecule has 0 aliphatic carbocycles. The van der Waals surface area contributed by atoms with E-state index >= 15 is 0 Å². The summed E-state index contributed by atoms with van der Waals surface area (Å²) in [5.41, 5.74) is 0. The predicted molar refractivity (Wildman–Crippen MR) is 66.5 cm³/mol. The van der Waals surface area contributed by atoms with Crippen LogP contribution in [0.1, 0.15) is 17.7 Å². The molecule has 2 nitrogen and oxygen atoms in total. The molecule has 0 amide bonds. The van der Waals surface area contributed by atoms with Crippen LogP contribution in [0.5, 0.6) is 0 Å². The molecule has 84 valence electrons. The fraction of sp³-hybridized carbons (Fsp3) is 0.667.